The number of nitrogens with one attached hydrogen (secondary N) is 2. The minimum Gasteiger partial charge on any atom is -0.384 e. The fourth-order valence-corrected chi connectivity index (χ4v) is 1.26. The fraction of sp³-hybridized carbons (Fsp3) is 0. The number of aromatic amines is 1. The van der Waals surface area contributed by atoms with Gasteiger partial charge < -0.3 is 16.0 Å². The second-order valence-electron chi connectivity index (χ2n) is 3.35. The predicted molar refractivity (Wildman–Crippen MR) is 63.7 cm³/mol. The molecule has 0 spiro atoms. The Bertz CT molecular complexity index is 589. The number of rotatable bonds is 2. The smallest absolute Gasteiger partial charge is 0.272 e. The van der Waals surface area contributed by atoms with Crippen LogP contribution in [0.4, 0.5) is 11.5 Å². The third kappa shape index (κ3) is 2.69. The van der Waals surface area contributed by atoms with Gasteiger partial charge >= 0.3 is 0 Å². The first-order valence-electron chi connectivity index (χ1n) is 4.87. The molecule has 0 atom stereocenters. The Kier molecular flexibility index (Phi) is 2.87. The van der Waals surface area contributed by atoms with Gasteiger partial charge in [-0.1, -0.05) is 6.07 Å². The van der Waals surface area contributed by atoms with Gasteiger partial charge in [-0.2, -0.15) is 0 Å². The van der Waals surface area contributed by atoms with Crippen molar-refractivity contribution >= 4 is 17.4 Å². The van der Waals surface area contributed by atoms with E-state index in [4.69, 9.17) is 5.73 Å². The van der Waals surface area contributed by atoms with Crippen molar-refractivity contribution in [3.05, 3.63) is 52.6 Å². The average molecular weight is 230 g/mol. The zero-order chi connectivity index (χ0) is 12.3. The maximum absolute atomic E-state index is 11.7. The Balaban J connectivity index is 2.17. The minimum atomic E-state index is -0.408. The van der Waals surface area contributed by atoms with Crippen LogP contribution in [-0.4, -0.2) is 15.9 Å². The van der Waals surface area contributed by atoms with E-state index in [1.54, 1.807) is 12.1 Å². The molecule has 0 fully saturated rings. The SMILES string of the molecule is Nc1ccc(NC(=O)c2cccc(=O)[nH]2)cn1. The molecule has 0 aliphatic carbocycles. The molecule has 6 nitrogen and oxygen atoms in total. The van der Waals surface area contributed by atoms with Crippen LogP contribution in [0.3, 0.4) is 0 Å². The van der Waals surface area contributed by atoms with Crippen molar-refractivity contribution in [3.8, 4) is 0 Å². The number of carbonyl (C=O) groups excluding carboxylic acids is 1. The van der Waals surface area contributed by atoms with Crippen molar-refractivity contribution in [1.82, 2.24) is 9.97 Å². The van der Waals surface area contributed by atoms with E-state index in [0.29, 0.717) is 11.5 Å². The number of carbonyl (C=O) groups is 1. The number of H-pyrrole nitrogens is 1. The van der Waals surface area contributed by atoms with E-state index in [1.807, 2.05) is 0 Å². The Labute approximate surface area is 96.5 Å². The van der Waals surface area contributed by atoms with Crippen LogP contribution in [0.15, 0.2) is 41.3 Å². The summed E-state index contributed by atoms with van der Waals surface area (Å²) in [5.74, 6) is -0.0367. The minimum absolute atomic E-state index is 0.189. The van der Waals surface area contributed by atoms with Gasteiger partial charge in [-0.3, -0.25) is 9.59 Å². The molecule has 4 N–H and O–H groups in total. The number of nitrogens with zero attached hydrogens (tertiary/aromatic N) is 1. The van der Waals surface area contributed by atoms with Gasteiger partial charge in [-0.25, -0.2) is 4.98 Å². The van der Waals surface area contributed by atoms with Crippen LogP contribution in [0.5, 0.6) is 0 Å². The Morgan fingerprint density at radius 1 is 1.29 bits per heavy atom. The largest absolute Gasteiger partial charge is 0.384 e. The molecule has 2 aromatic heterocycles. The van der Waals surface area contributed by atoms with E-state index < -0.39 is 5.91 Å². The number of nitrogens with two attached hydrogens (primary N) is 1. The number of pyridine rings is 2. The zero-order valence-electron chi connectivity index (χ0n) is 8.81. The molecular weight excluding hydrogens is 220 g/mol. The molecule has 0 saturated carbocycles. The number of hydrogen-bond acceptors (Lipinski definition) is 4. The van der Waals surface area contributed by atoms with E-state index in [0.717, 1.165) is 0 Å². The third-order valence-corrected chi connectivity index (χ3v) is 2.06. The second-order valence-corrected chi connectivity index (χ2v) is 3.35. The van der Waals surface area contributed by atoms with Gasteiger partial charge in [0.1, 0.15) is 11.5 Å². The molecule has 2 heterocycles. The second kappa shape index (κ2) is 4.48. The van der Waals surface area contributed by atoms with Crippen LogP contribution in [0, 0.1) is 0 Å². The summed E-state index contributed by atoms with van der Waals surface area (Å²) in [5.41, 5.74) is 5.79. The molecule has 86 valence electrons. The number of amides is 1. The van der Waals surface area contributed by atoms with E-state index in [-0.39, 0.29) is 11.3 Å². The molecule has 0 aliphatic rings. The molecule has 0 saturated heterocycles. The van der Waals surface area contributed by atoms with Crippen LogP contribution in [0.1, 0.15) is 10.5 Å². The number of aromatic nitrogens is 2. The summed E-state index contributed by atoms with van der Waals surface area (Å²) in [5, 5.41) is 2.59. The first-order chi connectivity index (χ1) is 8.15. The normalized spacial score (nSPS) is 9.88. The molecule has 2 aromatic rings. The van der Waals surface area contributed by atoms with Gasteiger partial charge in [0, 0.05) is 6.07 Å². The van der Waals surface area contributed by atoms with E-state index in [9.17, 15) is 9.59 Å². The Morgan fingerprint density at radius 2 is 2.12 bits per heavy atom. The topological polar surface area (TPSA) is 101 Å². The van der Waals surface area contributed by atoms with Gasteiger partial charge in [-0.05, 0) is 18.2 Å². The van der Waals surface area contributed by atoms with E-state index in [1.165, 1.54) is 24.4 Å². The molecular formula is C11H10N4O2. The highest BCUT2D eigenvalue weighted by Crippen LogP contribution is 2.08. The number of anilines is 2. The van der Waals surface area contributed by atoms with Crippen LogP contribution in [0.25, 0.3) is 0 Å². The lowest BCUT2D eigenvalue weighted by Gasteiger charge is -2.04. The van der Waals surface area contributed by atoms with Crippen LogP contribution in [-0.2, 0) is 0 Å². The van der Waals surface area contributed by atoms with Gasteiger partial charge in [0.2, 0.25) is 5.56 Å². The fourth-order valence-electron chi connectivity index (χ4n) is 1.26. The monoisotopic (exact) mass is 230 g/mol. The van der Waals surface area contributed by atoms with E-state index >= 15 is 0 Å². The average Bonchev–Trinajstić information content (AvgIpc) is 2.32. The lowest BCUT2D eigenvalue weighted by atomic mass is 10.3. The van der Waals surface area contributed by atoms with Crippen LogP contribution in [0.2, 0.25) is 0 Å². The summed E-state index contributed by atoms with van der Waals surface area (Å²) in [7, 11) is 0. The lowest BCUT2D eigenvalue weighted by molar-refractivity contribution is 0.102. The third-order valence-electron chi connectivity index (χ3n) is 2.06. The maximum atomic E-state index is 11.7. The van der Waals surface area contributed by atoms with Crippen molar-refractivity contribution < 1.29 is 4.79 Å². The van der Waals surface area contributed by atoms with Crippen LogP contribution >= 0.6 is 0 Å². The highest BCUT2D eigenvalue weighted by Gasteiger charge is 2.06. The molecule has 2 rings (SSSR count). The van der Waals surface area contributed by atoms with Crippen molar-refractivity contribution in [2.45, 2.75) is 0 Å². The summed E-state index contributed by atoms with van der Waals surface area (Å²) < 4.78 is 0. The molecule has 0 aromatic carbocycles. The predicted octanol–water partition coefficient (Wildman–Crippen LogP) is 0.604. The standard InChI is InChI=1S/C11H10N4O2/c12-9-5-4-7(6-13-9)14-11(17)8-2-1-3-10(16)15-8/h1-6H,(H2,12,13)(H,14,17)(H,15,16). The molecule has 1 amide bonds. The molecule has 0 bridgehead atoms. The lowest BCUT2D eigenvalue weighted by Crippen LogP contribution is -2.17. The highest BCUT2D eigenvalue weighted by molar-refractivity contribution is 6.02. The summed E-state index contributed by atoms with van der Waals surface area (Å²) in [6.45, 7) is 0. The zero-order valence-corrected chi connectivity index (χ0v) is 8.81. The summed E-state index contributed by atoms with van der Waals surface area (Å²) >= 11 is 0. The maximum Gasteiger partial charge on any atom is 0.272 e. The number of hydrogen-bond donors (Lipinski definition) is 3. The summed E-state index contributed by atoms with van der Waals surface area (Å²) in [4.78, 5) is 29.0. The van der Waals surface area contributed by atoms with Crippen molar-refractivity contribution in [2.24, 2.45) is 0 Å². The Morgan fingerprint density at radius 3 is 2.76 bits per heavy atom. The highest BCUT2D eigenvalue weighted by atomic mass is 16.2. The first kappa shape index (κ1) is 10.9. The summed E-state index contributed by atoms with van der Waals surface area (Å²) in [6, 6.07) is 7.56. The molecule has 0 unspecified atom stereocenters. The van der Waals surface area contributed by atoms with Crippen molar-refractivity contribution in [1.29, 1.82) is 0 Å². The van der Waals surface area contributed by atoms with Crippen LogP contribution < -0.4 is 16.6 Å². The van der Waals surface area contributed by atoms with E-state index in [2.05, 4.69) is 15.3 Å². The first-order valence-corrected chi connectivity index (χ1v) is 4.87. The van der Waals surface area contributed by atoms with Gasteiger partial charge in [0.15, 0.2) is 0 Å². The summed E-state index contributed by atoms with van der Waals surface area (Å²) in [6.07, 6.45) is 1.44. The quantitative estimate of drug-likeness (QED) is 0.703. The molecule has 0 radical (unpaired) electrons. The number of nitrogen functional groups attached to an aromatic ring is 1. The molecule has 6 heteroatoms. The molecule has 0 aliphatic heterocycles. The van der Waals surface area contributed by atoms with Gasteiger partial charge in [0.25, 0.3) is 5.91 Å². The van der Waals surface area contributed by atoms with Gasteiger partial charge in [-0.15, -0.1) is 0 Å². The van der Waals surface area contributed by atoms with Crippen molar-refractivity contribution in [2.75, 3.05) is 11.1 Å². The van der Waals surface area contributed by atoms with Gasteiger partial charge in [0.05, 0.1) is 11.9 Å². The Hall–Kier alpha value is -2.63. The molecule has 17 heavy (non-hydrogen) atoms. The van der Waals surface area contributed by atoms with Crippen molar-refractivity contribution in [3.63, 3.8) is 0 Å².